The van der Waals surface area contributed by atoms with Gasteiger partial charge in [-0.1, -0.05) is 60.0 Å². The minimum absolute atomic E-state index is 0.115. The first-order chi connectivity index (χ1) is 13.7. The summed E-state index contributed by atoms with van der Waals surface area (Å²) in [5, 5.41) is 20.9. The molecule has 0 unspecified atom stereocenters. The maximum absolute atomic E-state index is 10.7. The summed E-state index contributed by atoms with van der Waals surface area (Å²) in [5.41, 5.74) is 1.81. The van der Waals surface area contributed by atoms with Gasteiger partial charge < -0.3 is 10.2 Å². The van der Waals surface area contributed by atoms with E-state index in [4.69, 9.17) is 0 Å². The molecule has 0 bridgehead atoms. The minimum atomic E-state index is -0.625. The third-order valence-corrected chi connectivity index (χ3v) is 10.4. The molecule has 0 aromatic carbocycles. The first-order valence-corrected chi connectivity index (χ1v) is 12.7. The molecular weight excluding hydrogens is 356 g/mol. The summed E-state index contributed by atoms with van der Waals surface area (Å²) in [6.45, 7) is 12.3. The monoisotopic (exact) mass is 402 g/mol. The van der Waals surface area contributed by atoms with Gasteiger partial charge in [-0.3, -0.25) is 0 Å². The summed E-state index contributed by atoms with van der Waals surface area (Å²) >= 11 is 0. The second-order valence-electron chi connectivity index (χ2n) is 12.3. The van der Waals surface area contributed by atoms with Gasteiger partial charge in [0.05, 0.1) is 6.10 Å². The molecule has 0 aliphatic heterocycles. The predicted molar refractivity (Wildman–Crippen MR) is 120 cm³/mol. The van der Waals surface area contributed by atoms with Crippen LogP contribution in [0.4, 0.5) is 0 Å². The summed E-state index contributed by atoms with van der Waals surface area (Å²) in [5.74, 6) is 4.95. The number of aliphatic hydroxyl groups is 2. The van der Waals surface area contributed by atoms with Crippen LogP contribution in [0.3, 0.4) is 0 Å². The van der Waals surface area contributed by atoms with Crippen LogP contribution in [0.2, 0.25) is 0 Å². The Morgan fingerprint density at radius 2 is 1.72 bits per heavy atom. The topological polar surface area (TPSA) is 40.5 Å². The molecule has 2 N–H and O–H groups in total. The Morgan fingerprint density at radius 1 is 0.966 bits per heavy atom. The fourth-order valence-electron chi connectivity index (χ4n) is 8.74. The molecule has 0 spiro atoms. The molecule has 2 nitrogen and oxygen atoms in total. The Morgan fingerprint density at radius 3 is 2.45 bits per heavy atom. The lowest BCUT2D eigenvalue weighted by Crippen LogP contribution is -2.53. The molecule has 0 amide bonds. The third kappa shape index (κ3) is 3.55. The van der Waals surface area contributed by atoms with Crippen molar-refractivity contribution in [3.63, 3.8) is 0 Å². The summed E-state index contributed by atoms with van der Waals surface area (Å²) in [7, 11) is 0. The number of hydrogen-bond acceptors (Lipinski definition) is 2. The number of fused-ring (bicyclic) bond motifs is 5. The van der Waals surface area contributed by atoms with E-state index in [1.54, 1.807) is 0 Å². The highest BCUT2D eigenvalue weighted by atomic mass is 16.3. The van der Waals surface area contributed by atoms with E-state index in [-0.39, 0.29) is 5.41 Å². The minimum Gasteiger partial charge on any atom is -0.390 e. The van der Waals surface area contributed by atoms with Crippen LogP contribution in [-0.4, -0.2) is 22.4 Å². The summed E-state index contributed by atoms with van der Waals surface area (Å²) in [6, 6.07) is 0. The summed E-state index contributed by atoms with van der Waals surface area (Å²) in [4.78, 5) is 0. The Kier molecular flexibility index (Phi) is 6.01. The average Bonchev–Trinajstić information content (AvgIpc) is 3.02. The van der Waals surface area contributed by atoms with E-state index < -0.39 is 12.2 Å². The molecule has 4 aliphatic rings. The molecule has 4 aliphatic carbocycles. The summed E-state index contributed by atoms with van der Waals surface area (Å²) in [6.07, 6.45) is 13.9. The van der Waals surface area contributed by atoms with E-state index >= 15 is 0 Å². The molecule has 29 heavy (non-hydrogen) atoms. The largest absolute Gasteiger partial charge is 0.390 e. The zero-order chi connectivity index (χ0) is 21.0. The van der Waals surface area contributed by atoms with Crippen LogP contribution < -0.4 is 0 Å². The number of allylic oxidation sites excluding steroid dienone is 1. The van der Waals surface area contributed by atoms with Crippen LogP contribution >= 0.6 is 0 Å². The molecule has 2 heteroatoms. The first kappa shape index (κ1) is 21.9. The zero-order valence-electron chi connectivity index (χ0n) is 19.7. The van der Waals surface area contributed by atoms with Crippen molar-refractivity contribution in [3.05, 3.63) is 11.6 Å². The second-order valence-corrected chi connectivity index (χ2v) is 12.3. The quantitative estimate of drug-likeness (QED) is 0.525. The maximum Gasteiger partial charge on any atom is 0.101 e. The van der Waals surface area contributed by atoms with Gasteiger partial charge in [0.15, 0.2) is 0 Å². The van der Waals surface area contributed by atoms with Crippen LogP contribution in [0, 0.1) is 46.3 Å². The molecule has 3 fully saturated rings. The van der Waals surface area contributed by atoms with Crippen molar-refractivity contribution in [2.24, 2.45) is 46.3 Å². The smallest absolute Gasteiger partial charge is 0.101 e. The van der Waals surface area contributed by atoms with Crippen LogP contribution in [-0.2, 0) is 0 Å². The Bertz CT molecular complexity index is 624. The molecule has 0 aromatic heterocycles. The predicted octanol–water partition coefficient (Wildman–Crippen LogP) is 6.36. The van der Waals surface area contributed by atoms with E-state index in [1.165, 1.54) is 50.5 Å². The lowest BCUT2D eigenvalue weighted by atomic mass is 9.46. The van der Waals surface area contributed by atoms with Crippen molar-refractivity contribution in [2.75, 3.05) is 0 Å². The maximum atomic E-state index is 10.7. The van der Waals surface area contributed by atoms with Crippen molar-refractivity contribution in [1.29, 1.82) is 0 Å². The van der Waals surface area contributed by atoms with Gasteiger partial charge in [-0.05, 0) is 96.9 Å². The second kappa shape index (κ2) is 7.97. The highest BCUT2D eigenvalue weighted by Gasteiger charge is 2.60. The van der Waals surface area contributed by atoms with Gasteiger partial charge in [-0.25, -0.2) is 0 Å². The van der Waals surface area contributed by atoms with Crippen molar-refractivity contribution in [1.82, 2.24) is 0 Å². The van der Waals surface area contributed by atoms with E-state index in [0.29, 0.717) is 11.3 Å². The van der Waals surface area contributed by atoms with Gasteiger partial charge in [0, 0.05) is 0 Å². The Balaban J connectivity index is 1.51. The van der Waals surface area contributed by atoms with E-state index in [2.05, 4.69) is 40.7 Å². The standard InChI is InChI=1S/C27H46O2/c1-17(2)7-6-8-18(3)20-11-12-21-19-9-10-23-25(29)24(28)14-16-27(23,5)22(19)13-15-26(20,21)4/h10,17-22,24-25,28-29H,6-9,11-16H2,1-5H3/t18-,19-,20+,21-,22-,24-,25+,26+,27+/m0/s1. The molecule has 4 rings (SSSR count). The number of aliphatic hydroxyl groups excluding tert-OH is 2. The normalized spacial score (nSPS) is 47.9. The Labute approximate surface area is 179 Å². The third-order valence-electron chi connectivity index (χ3n) is 10.4. The summed E-state index contributed by atoms with van der Waals surface area (Å²) < 4.78 is 0. The van der Waals surface area contributed by atoms with E-state index in [1.807, 2.05) is 0 Å². The van der Waals surface area contributed by atoms with Gasteiger partial charge in [0.25, 0.3) is 0 Å². The van der Waals surface area contributed by atoms with Crippen molar-refractivity contribution in [2.45, 2.75) is 111 Å². The fourth-order valence-corrected chi connectivity index (χ4v) is 8.74. The molecule has 0 aromatic rings. The van der Waals surface area contributed by atoms with Gasteiger partial charge in [-0.15, -0.1) is 0 Å². The van der Waals surface area contributed by atoms with Gasteiger partial charge >= 0.3 is 0 Å². The molecular formula is C27H46O2. The molecule has 0 saturated heterocycles. The van der Waals surface area contributed by atoms with E-state index in [0.717, 1.165) is 48.9 Å². The number of hydrogen-bond donors (Lipinski definition) is 2. The van der Waals surface area contributed by atoms with Crippen LogP contribution in [0.15, 0.2) is 11.6 Å². The van der Waals surface area contributed by atoms with Crippen molar-refractivity contribution >= 4 is 0 Å². The van der Waals surface area contributed by atoms with Gasteiger partial charge in [0.2, 0.25) is 0 Å². The van der Waals surface area contributed by atoms with Crippen molar-refractivity contribution in [3.8, 4) is 0 Å². The van der Waals surface area contributed by atoms with Gasteiger partial charge in [-0.2, -0.15) is 0 Å². The molecule has 0 radical (unpaired) electrons. The Hall–Kier alpha value is -0.340. The highest BCUT2D eigenvalue weighted by Crippen LogP contribution is 2.67. The molecule has 3 saturated carbocycles. The van der Waals surface area contributed by atoms with Crippen LogP contribution in [0.25, 0.3) is 0 Å². The molecule has 0 heterocycles. The average molecular weight is 403 g/mol. The molecule has 166 valence electrons. The zero-order valence-corrected chi connectivity index (χ0v) is 19.7. The van der Waals surface area contributed by atoms with E-state index in [9.17, 15) is 10.2 Å². The van der Waals surface area contributed by atoms with Gasteiger partial charge in [0.1, 0.15) is 6.10 Å². The molecule has 9 atom stereocenters. The lowest BCUT2D eigenvalue weighted by molar-refractivity contribution is -0.0801. The van der Waals surface area contributed by atoms with Crippen LogP contribution in [0.1, 0.15) is 98.8 Å². The first-order valence-electron chi connectivity index (χ1n) is 12.7. The fraction of sp³-hybridized carbons (Fsp3) is 0.926. The van der Waals surface area contributed by atoms with Crippen LogP contribution in [0.5, 0.6) is 0 Å². The lowest BCUT2D eigenvalue weighted by Gasteiger charge is -2.59. The number of rotatable bonds is 5. The SMILES string of the molecule is CC(C)CCC[C@H](C)[C@H]1CC[C@H]2[C@@H]3CC=C4[C@@H](O)[C@@H](O)CC[C@]4(C)[C@H]3CC[C@]12C. The van der Waals surface area contributed by atoms with Crippen molar-refractivity contribution < 1.29 is 10.2 Å². The highest BCUT2D eigenvalue weighted by molar-refractivity contribution is 5.29.